The Balaban J connectivity index is 1.74. The molecule has 0 bridgehead atoms. The molecule has 1 N–H and O–H groups in total. The van der Waals surface area contributed by atoms with Crippen LogP contribution in [0.5, 0.6) is 0 Å². The summed E-state index contributed by atoms with van der Waals surface area (Å²) in [7, 11) is 1.27. The van der Waals surface area contributed by atoms with E-state index in [1.54, 1.807) is 30.3 Å². The van der Waals surface area contributed by atoms with Gasteiger partial charge < -0.3 is 10.1 Å². The number of halogens is 1. The van der Waals surface area contributed by atoms with Gasteiger partial charge in [0.05, 0.1) is 29.6 Å². The molecule has 0 saturated carbocycles. The second kappa shape index (κ2) is 8.61. The van der Waals surface area contributed by atoms with E-state index in [4.69, 9.17) is 4.74 Å². The first-order valence-corrected chi connectivity index (χ1v) is 10.1. The molecule has 0 aromatic heterocycles. The van der Waals surface area contributed by atoms with Gasteiger partial charge in [0.2, 0.25) is 5.91 Å². The van der Waals surface area contributed by atoms with Gasteiger partial charge in [-0.15, -0.1) is 0 Å². The summed E-state index contributed by atoms with van der Waals surface area (Å²) in [6.07, 6.45) is 0. The van der Waals surface area contributed by atoms with Gasteiger partial charge in [0.25, 0.3) is 5.91 Å². The molecule has 1 aliphatic rings. The molecule has 0 radical (unpaired) electrons. The van der Waals surface area contributed by atoms with Crippen LogP contribution in [0.4, 0.5) is 15.8 Å². The molecule has 0 atom stereocenters. The van der Waals surface area contributed by atoms with Crippen LogP contribution in [0, 0.1) is 5.82 Å². The van der Waals surface area contributed by atoms with E-state index in [0.29, 0.717) is 16.1 Å². The Morgan fingerprint density at radius 3 is 2.55 bits per heavy atom. The summed E-state index contributed by atoms with van der Waals surface area (Å²) in [6.45, 7) is -0.361. The van der Waals surface area contributed by atoms with Gasteiger partial charge in [-0.3, -0.25) is 14.5 Å². The van der Waals surface area contributed by atoms with Crippen molar-refractivity contribution < 1.29 is 23.5 Å². The normalized spacial score (nSPS) is 12.5. The second-order valence-electron chi connectivity index (χ2n) is 6.69. The van der Waals surface area contributed by atoms with E-state index in [2.05, 4.69) is 5.32 Å². The van der Waals surface area contributed by atoms with Crippen molar-refractivity contribution in [1.29, 1.82) is 0 Å². The lowest BCUT2D eigenvalue weighted by atomic mass is 10.1. The Bertz CT molecular complexity index is 1200. The summed E-state index contributed by atoms with van der Waals surface area (Å²) < 4.78 is 18.7. The number of benzene rings is 3. The van der Waals surface area contributed by atoms with Crippen molar-refractivity contribution in [2.24, 2.45) is 0 Å². The van der Waals surface area contributed by atoms with Crippen molar-refractivity contribution in [3.63, 3.8) is 0 Å². The number of ether oxygens (including phenoxy) is 1. The predicted molar refractivity (Wildman–Crippen MR) is 115 cm³/mol. The van der Waals surface area contributed by atoms with E-state index in [9.17, 15) is 18.8 Å². The first-order valence-electron chi connectivity index (χ1n) is 9.33. The molecule has 156 valence electrons. The molecule has 3 aromatic carbocycles. The molecular weight excluding hydrogens is 419 g/mol. The van der Waals surface area contributed by atoms with Crippen molar-refractivity contribution in [3.05, 3.63) is 83.7 Å². The largest absolute Gasteiger partial charge is 0.465 e. The van der Waals surface area contributed by atoms with Crippen LogP contribution in [-0.2, 0) is 9.53 Å². The molecule has 31 heavy (non-hydrogen) atoms. The van der Waals surface area contributed by atoms with Gasteiger partial charge >= 0.3 is 5.97 Å². The highest BCUT2D eigenvalue weighted by Crippen LogP contribution is 2.41. The number of amides is 2. The van der Waals surface area contributed by atoms with Crippen LogP contribution in [0.2, 0.25) is 0 Å². The van der Waals surface area contributed by atoms with Gasteiger partial charge in [-0.2, -0.15) is 0 Å². The zero-order valence-corrected chi connectivity index (χ0v) is 17.2. The van der Waals surface area contributed by atoms with E-state index >= 15 is 0 Å². The molecule has 0 spiro atoms. The number of esters is 1. The number of hydrogen-bond donors (Lipinski definition) is 1. The molecular formula is C23H17FN2O4S. The zero-order valence-electron chi connectivity index (χ0n) is 16.4. The number of para-hydroxylation sites is 1. The Kier molecular flexibility index (Phi) is 5.73. The maximum Gasteiger partial charge on any atom is 0.337 e. The van der Waals surface area contributed by atoms with Crippen molar-refractivity contribution >= 4 is 40.9 Å². The van der Waals surface area contributed by atoms with E-state index in [-0.39, 0.29) is 17.8 Å². The first kappa shape index (κ1) is 20.6. The number of rotatable bonds is 4. The monoisotopic (exact) mass is 436 g/mol. The van der Waals surface area contributed by atoms with E-state index in [1.165, 1.54) is 48.0 Å². The number of carbonyl (C=O) groups is 3. The third kappa shape index (κ3) is 4.15. The highest BCUT2D eigenvalue weighted by atomic mass is 32.2. The minimum Gasteiger partial charge on any atom is -0.465 e. The number of hydrogen-bond acceptors (Lipinski definition) is 5. The standard InChI is InChI=1S/C23H17FN2O4S/c1-30-23(29)14-10-11-20-18(12-14)26(22(28)15-6-2-5-9-19(15)31-20)13-21(27)25-17-8-4-3-7-16(17)24/h2-12H,13H2,1H3,(H,25,27). The molecule has 2 amide bonds. The number of anilines is 2. The summed E-state index contributed by atoms with van der Waals surface area (Å²) in [5.41, 5.74) is 1.10. The molecule has 6 nitrogen and oxygen atoms in total. The van der Waals surface area contributed by atoms with Crippen molar-refractivity contribution in [3.8, 4) is 0 Å². The van der Waals surface area contributed by atoms with Gasteiger partial charge in [0, 0.05) is 9.79 Å². The maximum atomic E-state index is 13.9. The Morgan fingerprint density at radius 1 is 1.03 bits per heavy atom. The zero-order chi connectivity index (χ0) is 22.0. The fourth-order valence-corrected chi connectivity index (χ4v) is 4.28. The molecule has 8 heteroatoms. The molecule has 4 rings (SSSR count). The quantitative estimate of drug-likeness (QED) is 0.615. The number of methoxy groups -OCH3 is 1. The molecule has 1 aliphatic heterocycles. The lowest BCUT2D eigenvalue weighted by Gasteiger charge is -2.23. The SMILES string of the molecule is COC(=O)c1ccc2c(c1)N(CC(=O)Nc1ccccc1F)C(=O)c1ccccc1S2. The molecule has 0 fully saturated rings. The molecule has 0 unspecified atom stereocenters. The molecule has 0 saturated heterocycles. The Labute approximate surface area is 182 Å². The van der Waals surface area contributed by atoms with Crippen molar-refractivity contribution in [2.45, 2.75) is 9.79 Å². The van der Waals surface area contributed by atoms with E-state index < -0.39 is 23.6 Å². The first-order chi connectivity index (χ1) is 15.0. The minimum atomic E-state index is -0.577. The summed E-state index contributed by atoms with van der Waals surface area (Å²) in [5.74, 6) is -2.10. The topological polar surface area (TPSA) is 75.7 Å². The Morgan fingerprint density at radius 2 is 1.77 bits per heavy atom. The summed E-state index contributed by atoms with van der Waals surface area (Å²) in [6, 6.07) is 17.7. The van der Waals surface area contributed by atoms with E-state index in [1.807, 2.05) is 12.1 Å². The number of nitrogens with one attached hydrogen (secondary N) is 1. The fourth-order valence-electron chi connectivity index (χ4n) is 3.22. The van der Waals surface area contributed by atoms with Gasteiger partial charge in [-0.25, -0.2) is 9.18 Å². The summed E-state index contributed by atoms with van der Waals surface area (Å²) in [5, 5.41) is 2.50. The maximum absolute atomic E-state index is 13.9. The lowest BCUT2D eigenvalue weighted by molar-refractivity contribution is -0.115. The molecule has 1 heterocycles. The van der Waals surface area contributed by atoms with Crippen molar-refractivity contribution in [2.75, 3.05) is 23.9 Å². The number of fused-ring (bicyclic) bond motifs is 2. The third-order valence-corrected chi connectivity index (χ3v) is 5.84. The van der Waals surface area contributed by atoms with Gasteiger partial charge in [-0.1, -0.05) is 36.0 Å². The number of nitrogens with zero attached hydrogens (tertiary/aromatic N) is 1. The molecule has 0 aliphatic carbocycles. The lowest BCUT2D eigenvalue weighted by Crippen LogP contribution is -2.38. The summed E-state index contributed by atoms with van der Waals surface area (Å²) >= 11 is 1.37. The third-order valence-electron chi connectivity index (χ3n) is 4.70. The van der Waals surface area contributed by atoms with Crippen LogP contribution in [0.3, 0.4) is 0 Å². The number of carbonyl (C=O) groups excluding carboxylic acids is 3. The van der Waals surface area contributed by atoms with Crippen LogP contribution < -0.4 is 10.2 Å². The average molecular weight is 436 g/mol. The second-order valence-corrected chi connectivity index (χ2v) is 7.78. The minimum absolute atomic E-state index is 0.0214. The summed E-state index contributed by atoms with van der Waals surface area (Å²) in [4.78, 5) is 40.8. The van der Waals surface area contributed by atoms with Crippen LogP contribution in [0.1, 0.15) is 20.7 Å². The van der Waals surface area contributed by atoms with Crippen molar-refractivity contribution in [1.82, 2.24) is 0 Å². The molecule has 3 aromatic rings. The smallest absolute Gasteiger partial charge is 0.337 e. The highest BCUT2D eigenvalue weighted by Gasteiger charge is 2.29. The van der Waals surface area contributed by atoms with Gasteiger partial charge in [0.1, 0.15) is 12.4 Å². The van der Waals surface area contributed by atoms with Crippen LogP contribution >= 0.6 is 11.8 Å². The van der Waals surface area contributed by atoms with Crippen LogP contribution in [0.25, 0.3) is 0 Å². The Hall–Kier alpha value is -3.65. The van der Waals surface area contributed by atoms with Gasteiger partial charge in [-0.05, 0) is 42.5 Å². The highest BCUT2D eigenvalue weighted by molar-refractivity contribution is 7.99. The fraction of sp³-hybridized carbons (Fsp3) is 0.0870. The van der Waals surface area contributed by atoms with Crippen LogP contribution in [0.15, 0.2) is 76.5 Å². The van der Waals surface area contributed by atoms with Gasteiger partial charge in [0.15, 0.2) is 0 Å². The predicted octanol–water partition coefficient (Wildman–Crippen LogP) is 4.36. The van der Waals surface area contributed by atoms with Crippen LogP contribution in [-0.4, -0.2) is 31.4 Å². The average Bonchev–Trinajstić information content (AvgIpc) is 2.89. The van der Waals surface area contributed by atoms with E-state index in [0.717, 1.165) is 4.90 Å².